The fourth-order valence-corrected chi connectivity index (χ4v) is 2.06. The molecule has 0 fully saturated rings. The van der Waals surface area contributed by atoms with Gasteiger partial charge in [0.2, 0.25) is 0 Å². The molecule has 1 heterocycles. The van der Waals surface area contributed by atoms with Gasteiger partial charge in [-0.1, -0.05) is 24.3 Å². The fourth-order valence-electron chi connectivity index (χ4n) is 2.06. The Morgan fingerprint density at radius 1 is 1.15 bits per heavy atom. The van der Waals surface area contributed by atoms with E-state index in [-0.39, 0.29) is 17.9 Å². The Morgan fingerprint density at radius 2 is 1.95 bits per heavy atom. The van der Waals surface area contributed by atoms with E-state index in [0.717, 1.165) is 6.07 Å². The topological polar surface area (TPSA) is 52.2 Å². The van der Waals surface area contributed by atoms with Crippen LogP contribution in [0.5, 0.6) is 0 Å². The summed E-state index contributed by atoms with van der Waals surface area (Å²) in [4.78, 5) is 23.8. The zero-order valence-corrected chi connectivity index (χ0v) is 10.4. The molecule has 0 radical (unpaired) electrons. The van der Waals surface area contributed by atoms with E-state index in [1.807, 2.05) is 0 Å². The minimum atomic E-state index is -0.601. The lowest BCUT2D eigenvalue weighted by Crippen LogP contribution is -2.20. The maximum Gasteiger partial charge on any atom is 0.420 e. The van der Waals surface area contributed by atoms with E-state index in [9.17, 15) is 14.0 Å². The normalized spacial score (nSPS) is 10.8. The Morgan fingerprint density at radius 3 is 2.75 bits per heavy atom. The van der Waals surface area contributed by atoms with Crippen LogP contribution in [0.25, 0.3) is 11.1 Å². The van der Waals surface area contributed by atoms with Crippen LogP contribution in [0.4, 0.5) is 4.39 Å². The lowest BCUT2D eigenvalue weighted by atomic mass is 10.1. The summed E-state index contributed by atoms with van der Waals surface area (Å²) in [5, 5.41) is 0. The summed E-state index contributed by atoms with van der Waals surface area (Å²) in [5.74, 6) is -1.44. The standard InChI is InChI=1S/C15H10FNO3/c16-11-5-3-4-10(8-11)13(18)9-17-12-6-1-2-7-14(12)20-15(17)19/h1-8H,9H2. The zero-order valence-electron chi connectivity index (χ0n) is 10.4. The van der Waals surface area contributed by atoms with Crippen molar-refractivity contribution in [2.45, 2.75) is 6.54 Å². The fraction of sp³-hybridized carbons (Fsp3) is 0.0667. The van der Waals surface area contributed by atoms with Crippen molar-refractivity contribution in [3.05, 3.63) is 70.5 Å². The number of fused-ring (bicyclic) bond motifs is 1. The van der Waals surface area contributed by atoms with Gasteiger partial charge in [-0.15, -0.1) is 0 Å². The van der Waals surface area contributed by atoms with Gasteiger partial charge in [-0.05, 0) is 24.3 Å². The molecule has 0 saturated carbocycles. The zero-order chi connectivity index (χ0) is 14.1. The van der Waals surface area contributed by atoms with Gasteiger partial charge in [0.15, 0.2) is 11.4 Å². The molecule has 0 amide bonds. The average molecular weight is 271 g/mol. The highest BCUT2D eigenvalue weighted by Gasteiger charge is 2.13. The van der Waals surface area contributed by atoms with Crippen molar-refractivity contribution in [1.82, 2.24) is 4.57 Å². The van der Waals surface area contributed by atoms with Crippen LogP contribution >= 0.6 is 0 Å². The summed E-state index contributed by atoms with van der Waals surface area (Å²) in [7, 11) is 0. The Kier molecular flexibility index (Phi) is 2.95. The Balaban J connectivity index is 1.99. The molecule has 3 aromatic rings. The quantitative estimate of drug-likeness (QED) is 0.688. The maximum atomic E-state index is 13.1. The first-order valence-corrected chi connectivity index (χ1v) is 6.02. The van der Waals surface area contributed by atoms with E-state index in [2.05, 4.69) is 0 Å². The van der Waals surface area contributed by atoms with E-state index in [4.69, 9.17) is 4.42 Å². The van der Waals surface area contributed by atoms with Crippen molar-refractivity contribution in [2.75, 3.05) is 0 Å². The number of para-hydroxylation sites is 2. The molecule has 20 heavy (non-hydrogen) atoms. The van der Waals surface area contributed by atoms with Gasteiger partial charge in [-0.2, -0.15) is 0 Å². The van der Waals surface area contributed by atoms with Crippen molar-refractivity contribution >= 4 is 16.9 Å². The van der Waals surface area contributed by atoms with Crippen molar-refractivity contribution in [1.29, 1.82) is 0 Å². The van der Waals surface area contributed by atoms with Gasteiger partial charge >= 0.3 is 5.76 Å². The molecule has 0 N–H and O–H groups in total. The van der Waals surface area contributed by atoms with Crippen LogP contribution < -0.4 is 5.76 Å². The molecule has 0 atom stereocenters. The molecule has 4 nitrogen and oxygen atoms in total. The third-order valence-electron chi connectivity index (χ3n) is 3.02. The summed E-state index contributed by atoms with van der Waals surface area (Å²) < 4.78 is 19.4. The molecule has 0 bridgehead atoms. The number of hydrogen-bond acceptors (Lipinski definition) is 3. The van der Waals surface area contributed by atoms with Crippen molar-refractivity contribution in [3.63, 3.8) is 0 Å². The van der Waals surface area contributed by atoms with Crippen molar-refractivity contribution < 1.29 is 13.6 Å². The number of ketones is 1. The molecule has 0 saturated heterocycles. The number of nitrogens with zero attached hydrogens (tertiary/aromatic N) is 1. The molecule has 5 heteroatoms. The van der Waals surface area contributed by atoms with Crippen LogP contribution in [0.15, 0.2) is 57.7 Å². The van der Waals surface area contributed by atoms with Gasteiger partial charge in [-0.3, -0.25) is 9.36 Å². The maximum absolute atomic E-state index is 13.1. The summed E-state index contributed by atoms with van der Waals surface area (Å²) in [6.07, 6.45) is 0. The molecule has 0 spiro atoms. The van der Waals surface area contributed by atoms with Gasteiger partial charge < -0.3 is 4.42 Å². The number of carbonyl (C=O) groups excluding carboxylic acids is 1. The molecular weight excluding hydrogens is 261 g/mol. The van der Waals surface area contributed by atoms with Gasteiger partial charge in [0.05, 0.1) is 12.1 Å². The molecule has 2 aromatic carbocycles. The number of Topliss-reactive ketones (excluding diaryl/α,β-unsaturated/α-hetero) is 1. The monoisotopic (exact) mass is 271 g/mol. The van der Waals surface area contributed by atoms with E-state index in [1.54, 1.807) is 24.3 Å². The van der Waals surface area contributed by atoms with Crippen LogP contribution in [0.3, 0.4) is 0 Å². The Hall–Kier alpha value is -2.69. The number of rotatable bonds is 3. The first-order valence-electron chi connectivity index (χ1n) is 6.02. The summed E-state index contributed by atoms with van der Waals surface area (Å²) >= 11 is 0. The van der Waals surface area contributed by atoms with Gasteiger partial charge in [0, 0.05) is 5.56 Å². The molecule has 0 unspecified atom stereocenters. The molecule has 100 valence electrons. The van der Waals surface area contributed by atoms with Crippen LogP contribution in [-0.4, -0.2) is 10.4 Å². The van der Waals surface area contributed by atoms with Crippen molar-refractivity contribution in [3.8, 4) is 0 Å². The number of hydrogen-bond donors (Lipinski definition) is 0. The first-order chi connectivity index (χ1) is 9.65. The Bertz CT molecular complexity index is 847. The number of benzene rings is 2. The summed E-state index contributed by atoms with van der Waals surface area (Å²) in [6, 6.07) is 12.2. The molecule has 0 aliphatic heterocycles. The Labute approximate surface area is 113 Å². The van der Waals surface area contributed by atoms with Gasteiger partial charge in [0.1, 0.15) is 5.82 Å². The molecule has 0 aliphatic carbocycles. The third kappa shape index (κ3) is 2.14. The number of oxazole rings is 1. The first kappa shape index (κ1) is 12.3. The predicted molar refractivity (Wildman–Crippen MR) is 71.2 cm³/mol. The highest BCUT2D eigenvalue weighted by molar-refractivity contribution is 5.96. The number of aromatic nitrogens is 1. The molecular formula is C15H10FNO3. The summed E-state index contributed by atoms with van der Waals surface area (Å²) in [6.45, 7) is -0.181. The summed E-state index contributed by atoms with van der Waals surface area (Å²) in [5.41, 5.74) is 1.19. The SMILES string of the molecule is O=C(Cn1c(=O)oc2ccccc21)c1cccc(F)c1. The van der Waals surface area contributed by atoms with Crippen LogP contribution in [0, 0.1) is 5.82 Å². The molecule has 1 aromatic heterocycles. The van der Waals surface area contributed by atoms with E-state index < -0.39 is 11.6 Å². The van der Waals surface area contributed by atoms with Crippen LogP contribution in [0.2, 0.25) is 0 Å². The second-order valence-corrected chi connectivity index (χ2v) is 4.36. The highest BCUT2D eigenvalue weighted by atomic mass is 19.1. The lowest BCUT2D eigenvalue weighted by Gasteiger charge is -2.02. The van der Waals surface area contributed by atoms with Crippen LogP contribution in [0.1, 0.15) is 10.4 Å². The molecule has 0 aliphatic rings. The van der Waals surface area contributed by atoms with Crippen molar-refractivity contribution in [2.24, 2.45) is 0 Å². The smallest absolute Gasteiger partial charge is 0.408 e. The van der Waals surface area contributed by atoms with E-state index in [0.29, 0.717) is 11.1 Å². The van der Waals surface area contributed by atoms with Crippen LogP contribution in [-0.2, 0) is 6.54 Å². The van der Waals surface area contributed by atoms with Gasteiger partial charge in [-0.25, -0.2) is 9.18 Å². The largest absolute Gasteiger partial charge is 0.420 e. The minimum Gasteiger partial charge on any atom is -0.408 e. The van der Waals surface area contributed by atoms with E-state index >= 15 is 0 Å². The average Bonchev–Trinajstić information content (AvgIpc) is 2.75. The van der Waals surface area contributed by atoms with Gasteiger partial charge in [0.25, 0.3) is 0 Å². The lowest BCUT2D eigenvalue weighted by molar-refractivity contribution is 0.0970. The number of carbonyl (C=O) groups is 1. The second-order valence-electron chi connectivity index (χ2n) is 4.36. The number of halogens is 1. The minimum absolute atomic E-state index is 0.181. The predicted octanol–water partition coefficient (Wildman–Crippen LogP) is 2.62. The highest BCUT2D eigenvalue weighted by Crippen LogP contribution is 2.13. The third-order valence-corrected chi connectivity index (χ3v) is 3.02. The molecule has 3 rings (SSSR count). The van der Waals surface area contributed by atoms with E-state index in [1.165, 1.54) is 22.8 Å². The second kappa shape index (κ2) is 4.77.